The molecule has 2 unspecified atom stereocenters. The number of hydrogen-bond donors (Lipinski definition) is 2. The fraction of sp³-hybridized carbons (Fsp3) is 0.500. The van der Waals surface area contributed by atoms with E-state index >= 15 is 0 Å². The number of aliphatic hydroxyl groups is 1. The van der Waals surface area contributed by atoms with Gasteiger partial charge in [-0.15, -0.1) is 0 Å². The van der Waals surface area contributed by atoms with Crippen molar-refractivity contribution in [2.45, 2.75) is 51.9 Å². The molecular weight excluding hydrogens is 268 g/mol. The standard InChI is InChI=1S/C16H22N2O3/c1-11(19)14(18-15(20)21-16(2,3)4)9-12-5-7-13(10-17)8-6-12/h5-8,11,14,19H,9H2,1-4H3,(H,18,20). The number of nitriles is 1. The summed E-state index contributed by atoms with van der Waals surface area (Å²) in [5.41, 5.74) is 0.922. The molecule has 2 N–H and O–H groups in total. The largest absolute Gasteiger partial charge is 0.444 e. The Morgan fingerprint density at radius 3 is 2.38 bits per heavy atom. The van der Waals surface area contributed by atoms with Crippen LogP contribution >= 0.6 is 0 Å². The van der Waals surface area contributed by atoms with Crippen molar-refractivity contribution in [2.75, 3.05) is 0 Å². The van der Waals surface area contributed by atoms with Gasteiger partial charge in [-0.05, 0) is 51.8 Å². The molecule has 0 radical (unpaired) electrons. The van der Waals surface area contributed by atoms with Gasteiger partial charge in [-0.2, -0.15) is 5.26 Å². The highest BCUT2D eigenvalue weighted by atomic mass is 16.6. The van der Waals surface area contributed by atoms with E-state index in [-0.39, 0.29) is 0 Å². The van der Waals surface area contributed by atoms with E-state index in [4.69, 9.17) is 10.00 Å². The topological polar surface area (TPSA) is 82.4 Å². The number of aliphatic hydroxyl groups excluding tert-OH is 1. The third-order valence-corrected chi connectivity index (χ3v) is 2.82. The summed E-state index contributed by atoms with van der Waals surface area (Å²) in [4.78, 5) is 11.8. The molecule has 1 aromatic rings. The predicted octanol–water partition coefficient (Wildman–Crippen LogP) is 2.37. The number of nitrogens with one attached hydrogen (secondary N) is 1. The molecule has 114 valence electrons. The molecule has 0 aliphatic rings. The maximum absolute atomic E-state index is 11.8. The van der Waals surface area contributed by atoms with Crippen LogP contribution in [-0.4, -0.2) is 28.9 Å². The first-order chi connectivity index (χ1) is 9.71. The molecule has 0 bridgehead atoms. The number of carbonyl (C=O) groups excluding carboxylic acids is 1. The Hall–Kier alpha value is -2.06. The van der Waals surface area contributed by atoms with Crippen molar-refractivity contribution in [3.63, 3.8) is 0 Å². The number of hydrogen-bond acceptors (Lipinski definition) is 4. The number of ether oxygens (including phenoxy) is 1. The Morgan fingerprint density at radius 2 is 1.95 bits per heavy atom. The van der Waals surface area contributed by atoms with E-state index in [0.29, 0.717) is 12.0 Å². The molecule has 0 aliphatic heterocycles. The predicted molar refractivity (Wildman–Crippen MR) is 79.7 cm³/mol. The van der Waals surface area contributed by atoms with Crippen LogP contribution < -0.4 is 5.32 Å². The molecule has 0 saturated heterocycles. The summed E-state index contributed by atoms with van der Waals surface area (Å²) in [5, 5.41) is 21.2. The molecule has 0 aromatic heterocycles. The summed E-state index contributed by atoms with van der Waals surface area (Å²) in [6.07, 6.45) is -0.807. The normalized spacial score (nSPS) is 13.9. The van der Waals surface area contributed by atoms with Crippen LogP contribution in [0.2, 0.25) is 0 Å². The van der Waals surface area contributed by atoms with Gasteiger partial charge in [0.2, 0.25) is 0 Å². The molecular formula is C16H22N2O3. The summed E-state index contributed by atoms with van der Waals surface area (Å²) >= 11 is 0. The SMILES string of the molecule is CC(O)C(Cc1ccc(C#N)cc1)NC(=O)OC(C)(C)C. The van der Waals surface area contributed by atoms with E-state index in [1.54, 1.807) is 39.8 Å². The Kier molecular flexibility index (Phi) is 5.74. The van der Waals surface area contributed by atoms with Gasteiger partial charge in [-0.3, -0.25) is 0 Å². The quantitative estimate of drug-likeness (QED) is 0.892. The number of amides is 1. The van der Waals surface area contributed by atoms with Crippen LogP contribution in [-0.2, 0) is 11.2 Å². The zero-order valence-electron chi connectivity index (χ0n) is 12.9. The van der Waals surface area contributed by atoms with Gasteiger partial charge in [-0.1, -0.05) is 12.1 Å². The molecule has 1 rings (SSSR count). The highest BCUT2D eigenvalue weighted by Crippen LogP contribution is 2.11. The van der Waals surface area contributed by atoms with E-state index in [0.717, 1.165) is 5.56 Å². The summed E-state index contributed by atoms with van der Waals surface area (Å²) in [6, 6.07) is 8.64. The molecule has 0 aliphatic carbocycles. The maximum Gasteiger partial charge on any atom is 0.407 e. The van der Waals surface area contributed by atoms with Gasteiger partial charge in [0, 0.05) is 0 Å². The van der Waals surface area contributed by atoms with Gasteiger partial charge < -0.3 is 15.2 Å². The fourth-order valence-corrected chi connectivity index (χ4v) is 1.77. The van der Waals surface area contributed by atoms with Crippen molar-refractivity contribution in [1.82, 2.24) is 5.32 Å². The van der Waals surface area contributed by atoms with E-state index in [9.17, 15) is 9.90 Å². The molecule has 1 aromatic carbocycles. The number of nitrogens with zero attached hydrogens (tertiary/aromatic N) is 1. The highest BCUT2D eigenvalue weighted by molar-refractivity contribution is 5.68. The zero-order valence-corrected chi connectivity index (χ0v) is 12.9. The third kappa shape index (κ3) is 6.28. The molecule has 0 fully saturated rings. The molecule has 21 heavy (non-hydrogen) atoms. The molecule has 5 heteroatoms. The average Bonchev–Trinajstić information content (AvgIpc) is 2.36. The van der Waals surface area contributed by atoms with Crippen LogP contribution in [0, 0.1) is 11.3 Å². The van der Waals surface area contributed by atoms with Gasteiger partial charge in [0.15, 0.2) is 0 Å². The molecule has 0 saturated carbocycles. The van der Waals surface area contributed by atoms with Crippen LogP contribution in [0.25, 0.3) is 0 Å². The highest BCUT2D eigenvalue weighted by Gasteiger charge is 2.22. The minimum absolute atomic E-state index is 0.451. The van der Waals surface area contributed by atoms with Crippen LogP contribution in [0.3, 0.4) is 0 Å². The Morgan fingerprint density at radius 1 is 1.38 bits per heavy atom. The van der Waals surface area contributed by atoms with Crippen LogP contribution in [0.5, 0.6) is 0 Å². The van der Waals surface area contributed by atoms with Crippen LogP contribution in [0.15, 0.2) is 24.3 Å². The summed E-state index contributed by atoms with van der Waals surface area (Å²) in [6.45, 7) is 6.96. The Labute approximate surface area is 125 Å². The number of carbonyl (C=O) groups is 1. The van der Waals surface area contributed by atoms with Crippen molar-refractivity contribution < 1.29 is 14.6 Å². The summed E-state index contributed by atoms with van der Waals surface area (Å²) < 4.78 is 5.19. The lowest BCUT2D eigenvalue weighted by Crippen LogP contribution is -2.45. The van der Waals surface area contributed by atoms with Crippen molar-refractivity contribution in [3.05, 3.63) is 35.4 Å². The summed E-state index contributed by atoms with van der Waals surface area (Å²) in [7, 11) is 0. The number of rotatable bonds is 4. The minimum Gasteiger partial charge on any atom is -0.444 e. The second-order valence-electron chi connectivity index (χ2n) is 6.01. The summed E-state index contributed by atoms with van der Waals surface area (Å²) in [5.74, 6) is 0. The first kappa shape index (κ1) is 17.0. The van der Waals surface area contributed by atoms with Gasteiger partial charge in [-0.25, -0.2) is 4.79 Å². The average molecular weight is 290 g/mol. The van der Waals surface area contributed by atoms with Crippen LogP contribution in [0.1, 0.15) is 38.8 Å². The lowest BCUT2D eigenvalue weighted by atomic mass is 10.0. The van der Waals surface area contributed by atoms with Gasteiger partial charge in [0.05, 0.1) is 23.8 Å². The minimum atomic E-state index is -0.715. The second kappa shape index (κ2) is 7.09. The third-order valence-electron chi connectivity index (χ3n) is 2.82. The first-order valence-corrected chi connectivity index (χ1v) is 6.88. The van der Waals surface area contributed by atoms with Crippen molar-refractivity contribution in [3.8, 4) is 6.07 Å². The van der Waals surface area contributed by atoms with E-state index < -0.39 is 23.8 Å². The van der Waals surface area contributed by atoms with E-state index in [2.05, 4.69) is 5.32 Å². The van der Waals surface area contributed by atoms with Gasteiger partial charge in [0.25, 0.3) is 0 Å². The Bertz CT molecular complexity index is 510. The van der Waals surface area contributed by atoms with E-state index in [1.807, 2.05) is 18.2 Å². The number of benzene rings is 1. The molecule has 5 nitrogen and oxygen atoms in total. The molecule has 1 amide bonds. The van der Waals surface area contributed by atoms with Gasteiger partial charge >= 0.3 is 6.09 Å². The molecule has 0 spiro atoms. The maximum atomic E-state index is 11.8. The van der Waals surface area contributed by atoms with Crippen molar-refractivity contribution in [2.24, 2.45) is 0 Å². The zero-order chi connectivity index (χ0) is 16.0. The van der Waals surface area contributed by atoms with E-state index in [1.165, 1.54) is 0 Å². The van der Waals surface area contributed by atoms with Gasteiger partial charge in [0.1, 0.15) is 5.60 Å². The molecule has 2 atom stereocenters. The van der Waals surface area contributed by atoms with Crippen molar-refractivity contribution in [1.29, 1.82) is 5.26 Å². The lowest BCUT2D eigenvalue weighted by molar-refractivity contribution is 0.0437. The fourth-order valence-electron chi connectivity index (χ4n) is 1.77. The monoisotopic (exact) mass is 290 g/mol. The van der Waals surface area contributed by atoms with Crippen molar-refractivity contribution >= 4 is 6.09 Å². The smallest absolute Gasteiger partial charge is 0.407 e. The Balaban J connectivity index is 2.69. The number of alkyl carbamates (subject to hydrolysis) is 1. The molecule has 0 heterocycles. The second-order valence-corrected chi connectivity index (χ2v) is 6.01. The first-order valence-electron chi connectivity index (χ1n) is 6.88. The van der Waals surface area contributed by atoms with Crippen LogP contribution in [0.4, 0.5) is 4.79 Å². The lowest BCUT2D eigenvalue weighted by Gasteiger charge is -2.25.